The molecule has 0 spiro atoms. The molecule has 28 heavy (non-hydrogen) atoms. The average molecular weight is 395 g/mol. The van der Waals surface area contributed by atoms with Gasteiger partial charge in [0.25, 0.3) is 5.91 Å². The Bertz CT molecular complexity index is 951. The number of fused-ring (bicyclic) bond motifs is 1. The lowest BCUT2D eigenvalue weighted by molar-refractivity contribution is 0.0767. The van der Waals surface area contributed by atoms with Crippen molar-refractivity contribution in [2.75, 3.05) is 5.32 Å². The van der Waals surface area contributed by atoms with Crippen molar-refractivity contribution in [1.82, 2.24) is 4.90 Å². The summed E-state index contributed by atoms with van der Waals surface area (Å²) in [5, 5.41) is 13.8. The quantitative estimate of drug-likeness (QED) is 0.723. The highest BCUT2D eigenvalue weighted by Crippen LogP contribution is 2.43. The molecule has 2 aliphatic heterocycles. The maximum atomic E-state index is 13.1. The van der Waals surface area contributed by atoms with E-state index >= 15 is 0 Å². The second-order valence-corrected chi connectivity index (χ2v) is 9.99. The molecular weight excluding hydrogens is 368 g/mol. The maximum Gasteiger partial charge on any atom is 0.256 e. The number of allylic oxidation sites excluding steroid dienone is 1. The van der Waals surface area contributed by atoms with E-state index in [9.17, 15) is 9.90 Å². The normalized spacial score (nSPS) is 18.8. The monoisotopic (exact) mass is 394 g/mol. The van der Waals surface area contributed by atoms with Crippen molar-refractivity contribution < 1.29 is 9.90 Å². The topological polar surface area (TPSA) is 52.6 Å². The number of benzene rings is 2. The van der Waals surface area contributed by atoms with E-state index in [1.54, 1.807) is 11.8 Å². The first-order valence-corrected chi connectivity index (χ1v) is 10.4. The predicted octanol–water partition coefficient (Wildman–Crippen LogP) is 4.68. The lowest BCUT2D eigenvalue weighted by Gasteiger charge is -2.21. The molecule has 4 nitrogen and oxygen atoms in total. The molecule has 1 atom stereocenters. The third kappa shape index (κ3) is 3.82. The van der Waals surface area contributed by atoms with Crippen LogP contribution in [-0.4, -0.2) is 26.9 Å². The number of aryl methyl sites for hydroxylation is 1. The van der Waals surface area contributed by atoms with E-state index in [2.05, 4.69) is 50.4 Å². The number of carbonyl (C=O) groups excluding carboxylic acids is 1. The molecule has 0 bridgehead atoms. The van der Waals surface area contributed by atoms with Crippen molar-refractivity contribution in [3.63, 3.8) is 0 Å². The molecule has 0 saturated heterocycles. The number of amides is 1. The zero-order chi connectivity index (χ0) is 19.9. The van der Waals surface area contributed by atoms with Crippen molar-refractivity contribution in [3.05, 3.63) is 75.7 Å². The molecule has 2 heterocycles. The Labute approximate surface area is 170 Å². The molecule has 0 aliphatic carbocycles. The summed E-state index contributed by atoms with van der Waals surface area (Å²) in [6, 6.07) is 14.1. The fourth-order valence-corrected chi connectivity index (χ4v) is 4.98. The van der Waals surface area contributed by atoms with Gasteiger partial charge in [-0.3, -0.25) is 4.79 Å². The number of anilines is 1. The van der Waals surface area contributed by atoms with Crippen LogP contribution in [0.5, 0.6) is 0 Å². The van der Waals surface area contributed by atoms with Crippen molar-refractivity contribution in [2.24, 2.45) is 0 Å². The highest BCUT2D eigenvalue weighted by Gasteiger charge is 2.32. The first kappa shape index (κ1) is 19.1. The van der Waals surface area contributed by atoms with Crippen molar-refractivity contribution in [2.45, 2.75) is 51.3 Å². The van der Waals surface area contributed by atoms with E-state index < -0.39 is 6.23 Å². The van der Waals surface area contributed by atoms with Crippen LogP contribution in [0.25, 0.3) is 0 Å². The minimum atomic E-state index is -0.795. The van der Waals surface area contributed by atoms with Gasteiger partial charge >= 0.3 is 0 Å². The largest absolute Gasteiger partial charge is 0.369 e. The molecule has 0 aromatic heterocycles. The number of hydrogen-bond donors (Lipinski definition) is 2. The lowest BCUT2D eigenvalue weighted by Crippen LogP contribution is -2.25. The second kappa shape index (κ2) is 7.30. The fourth-order valence-electron chi connectivity index (χ4n) is 3.83. The zero-order valence-corrected chi connectivity index (χ0v) is 17.3. The zero-order valence-electron chi connectivity index (χ0n) is 16.5. The Morgan fingerprint density at radius 2 is 2.04 bits per heavy atom. The van der Waals surface area contributed by atoms with Crippen molar-refractivity contribution in [3.8, 4) is 0 Å². The van der Waals surface area contributed by atoms with E-state index in [1.165, 1.54) is 5.56 Å². The van der Waals surface area contributed by atoms with E-state index in [1.807, 2.05) is 29.2 Å². The third-order valence-corrected chi connectivity index (χ3v) is 6.56. The van der Waals surface area contributed by atoms with Crippen LogP contribution in [0, 0.1) is 6.92 Å². The molecule has 146 valence electrons. The predicted molar refractivity (Wildman–Crippen MR) is 115 cm³/mol. The maximum absolute atomic E-state index is 13.1. The molecular formula is C23H26N2O2S. The fraction of sp³-hybridized carbons (Fsp3) is 0.348. The van der Waals surface area contributed by atoms with Gasteiger partial charge in [0.1, 0.15) is 0 Å². The van der Waals surface area contributed by atoms with Gasteiger partial charge in [0, 0.05) is 28.4 Å². The SMILES string of the molecule is Cc1cccc(CN2Cc3cccc(NC(O)C4=CCC(C)(C)S4)c3C2=O)c1. The Balaban J connectivity index is 1.52. The van der Waals surface area contributed by atoms with Gasteiger partial charge < -0.3 is 15.3 Å². The molecule has 2 aromatic rings. The molecule has 4 rings (SSSR count). The van der Waals surface area contributed by atoms with Gasteiger partial charge in [-0.2, -0.15) is 0 Å². The smallest absolute Gasteiger partial charge is 0.256 e. The van der Waals surface area contributed by atoms with Crippen LogP contribution >= 0.6 is 11.8 Å². The van der Waals surface area contributed by atoms with Crippen LogP contribution in [0.15, 0.2) is 53.4 Å². The van der Waals surface area contributed by atoms with Crippen LogP contribution in [-0.2, 0) is 13.1 Å². The number of rotatable bonds is 5. The molecule has 2 aliphatic rings. The van der Waals surface area contributed by atoms with Gasteiger partial charge in [-0.25, -0.2) is 0 Å². The summed E-state index contributed by atoms with van der Waals surface area (Å²) < 4.78 is 0.108. The molecule has 1 amide bonds. The highest BCUT2D eigenvalue weighted by atomic mass is 32.2. The summed E-state index contributed by atoms with van der Waals surface area (Å²) in [7, 11) is 0. The summed E-state index contributed by atoms with van der Waals surface area (Å²) in [6.07, 6.45) is 2.22. The van der Waals surface area contributed by atoms with Gasteiger partial charge in [0.05, 0.1) is 5.56 Å². The highest BCUT2D eigenvalue weighted by molar-refractivity contribution is 8.04. The summed E-state index contributed by atoms with van der Waals surface area (Å²) in [5.74, 6) is 0.0141. The van der Waals surface area contributed by atoms with E-state index in [-0.39, 0.29) is 10.7 Å². The summed E-state index contributed by atoms with van der Waals surface area (Å²) in [5.41, 5.74) is 4.70. The Morgan fingerprint density at radius 3 is 2.75 bits per heavy atom. The lowest BCUT2D eigenvalue weighted by atomic mass is 10.1. The van der Waals surface area contributed by atoms with Gasteiger partial charge in [-0.1, -0.05) is 61.9 Å². The van der Waals surface area contributed by atoms with Crippen molar-refractivity contribution in [1.29, 1.82) is 0 Å². The molecule has 1 unspecified atom stereocenters. The number of aliphatic hydroxyl groups is 1. The van der Waals surface area contributed by atoms with E-state index in [4.69, 9.17) is 0 Å². The number of thioether (sulfide) groups is 1. The minimum Gasteiger partial charge on any atom is -0.369 e. The van der Waals surface area contributed by atoms with E-state index in [0.717, 1.165) is 22.5 Å². The van der Waals surface area contributed by atoms with Gasteiger partial charge in [-0.15, -0.1) is 11.8 Å². The number of hydrogen-bond acceptors (Lipinski definition) is 4. The summed E-state index contributed by atoms with van der Waals surface area (Å²) >= 11 is 1.69. The van der Waals surface area contributed by atoms with Crippen molar-refractivity contribution >= 4 is 23.4 Å². The molecule has 0 saturated carbocycles. The van der Waals surface area contributed by atoms with Gasteiger partial charge in [0.15, 0.2) is 6.23 Å². The Hall–Kier alpha value is -2.24. The van der Waals surface area contributed by atoms with E-state index in [0.29, 0.717) is 24.3 Å². The number of nitrogens with one attached hydrogen (secondary N) is 1. The number of aliphatic hydroxyl groups excluding tert-OH is 1. The van der Waals surface area contributed by atoms with Gasteiger partial charge in [-0.05, 0) is 30.5 Å². The van der Waals surface area contributed by atoms with Crippen LogP contribution in [0.3, 0.4) is 0 Å². The average Bonchev–Trinajstić information content (AvgIpc) is 3.15. The first-order valence-electron chi connectivity index (χ1n) is 9.63. The third-order valence-electron chi connectivity index (χ3n) is 5.22. The molecule has 0 radical (unpaired) electrons. The van der Waals surface area contributed by atoms with Crippen LogP contribution in [0.1, 0.15) is 47.3 Å². The molecule has 2 aromatic carbocycles. The number of nitrogens with zero attached hydrogens (tertiary/aromatic N) is 1. The van der Waals surface area contributed by atoms with Crippen LogP contribution < -0.4 is 5.32 Å². The Kier molecular flexibility index (Phi) is 4.98. The first-order chi connectivity index (χ1) is 13.3. The van der Waals surface area contributed by atoms with Crippen LogP contribution in [0.4, 0.5) is 5.69 Å². The second-order valence-electron chi connectivity index (χ2n) is 8.21. The molecule has 0 fully saturated rings. The molecule has 2 N–H and O–H groups in total. The van der Waals surface area contributed by atoms with Crippen LogP contribution in [0.2, 0.25) is 0 Å². The summed E-state index contributed by atoms with van der Waals surface area (Å²) in [6.45, 7) is 7.58. The molecule has 5 heteroatoms. The Morgan fingerprint density at radius 1 is 1.25 bits per heavy atom. The van der Waals surface area contributed by atoms with Gasteiger partial charge in [0.2, 0.25) is 0 Å². The summed E-state index contributed by atoms with van der Waals surface area (Å²) in [4.78, 5) is 15.9. The number of carbonyl (C=O) groups is 1. The standard InChI is InChI=1S/C23H26N2O2S/c1-15-6-4-7-16(12-15)13-25-14-17-8-5-9-18(20(17)22(25)27)24-21(26)19-10-11-23(2,3)28-19/h4-10,12,21,24,26H,11,13-14H2,1-3H3. The minimum absolute atomic E-state index is 0.0141.